The zero-order valence-corrected chi connectivity index (χ0v) is 15.7. The van der Waals surface area contributed by atoms with Gasteiger partial charge in [0.05, 0.1) is 26.6 Å². The highest BCUT2D eigenvalue weighted by molar-refractivity contribution is 7.99. The van der Waals surface area contributed by atoms with Crippen LogP contribution in [-0.2, 0) is 6.18 Å². The van der Waals surface area contributed by atoms with Crippen LogP contribution in [0.1, 0.15) is 10.6 Å². The van der Waals surface area contributed by atoms with Gasteiger partial charge in [-0.25, -0.2) is 9.97 Å². The summed E-state index contributed by atoms with van der Waals surface area (Å²) in [6.07, 6.45) is -3.86. The Bertz CT molecular complexity index is 1040. The Morgan fingerprint density at radius 2 is 2.07 bits per heavy atom. The fraction of sp³-hybridized carbons (Fsp3) is 0.118. The van der Waals surface area contributed by atoms with E-state index in [1.807, 2.05) is 24.3 Å². The molecule has 4 nitrogen and oxygen atoms in total. The number of aromatic nitrogens is 2. The van der Waals surface area contributed by atoms with Crippen LogP contribution in [0.4, 0.5) is 13.2 Å². The van der Waals surface area contributed by atoms with Crippen LogP contribution in [0.5, 0.6) is 0 Å². The van der Waals surface area contributed by atoms with Crippen LogP contribution >= 0.6 is 34.7 Å². The van der Waals surface area contributed by atoms with E-state index in [1.165, 1.54) is 11.3 Å². The van der Waals surface area contributed by atoms with Crippen molar-refractivity contribution in [2.24, 2.45) is 0 Å². The summed E-state index contributed by atoms with van der Waals surface area (Å²) in [5, 5.41) is 20.0. The van der Waals surface area contributed by atoms with E-state index in [-0.39, 0.29) is 27.1 Å². The Morgan fingerprint density at radius 3 is 2.70 bits per heavy atom. The van der Waals surface area contributed by atoms with E-state index in [0.717, 1.165) is 22.5 Å². The van der Waals surface area contributed by atoms with Crippen molar-refractivity contribution in [1.82, 2.24) is 9.97 Å². The molecule has 2 heterocycles. The molecule has 3 aromatic rings. The number of halogens is 4. The summed E-state index contributed by atoms with van der Waals surface area (Å²) in [6.45, 7) is 0. The van der Waals surface area contributed by atoms with Crippen LogP contribution < -0.4 is 0 Å². The van der Waals surface area contributed by atoms with Crippen molar-refractivity contribution in [1.29, 1.82) is 5.26 Å². The molecular weight excluding hydrogens is 419 g/mol. The first-order valence-electron chi connectivity index (χ1n) is 7.33. The van der Waals surface area contributed by atoms with E-state index >= 15 is 0 Å². The summed E-state index contributed by atoms with van der Waals surface area (Å²) in [5.74, 6) is -0.337. The minimum Gasteiger partial charge on any atom is -0.510 e. The predicted octanol–water partition coefficient (Wildman–Crippen LogP) is 5.95. The molecule has 10 heteroatoms. The number of rotatable bonds is 4. The molecule has 2 aromatic heterocycles. The number of thiazole rings is 1. The molecule has 0 aliphatic rings. The highest BCUT2D eigenvalue weighted by atomic mass is 35.5. The van der Waals surface area contributed by atoms with Crippen LogP contribution in [-0.4, -0.2) is 20.8 Å². The molecule has 0 unspecified atom stereocenters. The Hall–Kier alpha value is -2.28. The fourth-order valence-electron chi connectivity index (χ4n) is 2.11. The highest BCUT2D eigenvalue weighted by Gasteiger charge is 2.31. The quantitative estimate of drug-likeness (QED) is 0.316. The zero-order chi connectivity index (χ0) is 19.6. The molecule has 0 saturated heterocycles. The van der Waals surface area contributed by atoms with Crippen LogP contribution in [0.3, 0.4) is 0 Å². The third-order valence-corrected chi connectivity index (χ3v) is 5.86. The number of alkyl halides is 3. The Kier molecular flexibility index (Phi) is 5.60. The number of aliphatic hydroxyl groups excluding tert-OH is 1. The number of para-hydroxylation sites is 1. The van der Waals surface area contributed by atoms with Crippen molar-refractivity contribution < 1.29 is 18.3 Å². The molecule has 1 aromatic carbocycles. The number of benzene rings is 1. The molecular formula is C17H9ClF3N3OS2. The number of allylic oxidation sites excluding steroid dienone is 1. The maximum Gasteiger partial charge on any atom is 0.417 e. The molecule has 27 heavy (non-hydrogen) atoms. The second kappa shape index (κ2) is 7.76. The lowest BCUT2D eigenvalue weighted by Gasteiger charge is -2.09. The minimum atomic E-state index is -4.54. The molecule has 0 fully saturated rings. The van der Waals surface area contributed by atoms with Crippen LogP contribution in [0.25, 0.3) is 15.8 Å². The van der Waals surface area contributed by atoms with Crippen molar-refractivity contribution >= 4 is 50.5 Å². The van der Waals surface area contributed by atoms with Gasteiger partial charge in [0.2, 0.25) is 0 Å². The van der Waals surface area contributed by atoms with Crippen molar-refractivity contribution in [3.63, 3.8) is 0 Å². The molecule has 0 bridgehead atoms. The SMILES string of the molecule is N#C/C(=C(/O)CSc1ncc(C(F)(F)F)cc1Cl)c1nc2ccccc2s1. The normalized spacial score (nSPS) is 12.7. The third kappa shape index (κ3) is 4.35. The molecule has 0 amide bonds. The maximum absolute atomic E-state index is 12.6. The summed E-state index contributed by atoms with van der Waals surface area (Å²) >= 11 is 8.03. The average Bonchev–Trinajstić information content (AvgIpc) is 3.04. The maximum atomic E-state index is 12.6. The van der Waals surface area contributed by atoms with E-state index in [1.54, 1.807) is 6.07 Å². The van der Waals surface area contributed by atoms with Gasteiger partial charge in [-0.15, -0.1) is 11.3 Å². The molecule has 0 radical (unpaired) electrons. The highest BCUT2D eigenvalue weighted by Crippen LogP contribution is 2.35. The first-order valence-corrected chi connectivity index (χ1v) is 9.51. The van der Waals surface area contributed by atoms with Crippen molar-refractivity contribution in [2.75, 3.05) is 5.75 Å². The smallest absolute Gasteiger partial charge is 0.417 e. The Balaban J connectivity index is 1.82. The summed E-state index contributed by atoms with van der Waals surface area (Å²) in [7, 11) is 0. The monoisotopic (exact) mass is 427 g/mol. The van der Waals surface area contributed by atoms with Crippen molar-refractivity contribution in [3.05, 3.63) is 57.9 Å². The van der Waals surface area contributed by atoms with Crippen molar-refractivity contribution in [3.8, 4) is 6.07 Å². The summed E-state index contributed by atoms with van der Waals surface area (Å²) in [4.78, 5) is 8.01. The van der Waals surface area contributed by atoms with Gasteiger partial charge < -0.3 is 5.11 Å². The first-order chi connectivity index (χ1) is 12.8. The van der Waals surface area contributed by atoms with Gasteiger partial charge >= 0.3 is 6.18 Å². The standard InChI is InChI=1S/C17H9ClF3N3OS2/c18-11-5-9(17(19,20)21)7-23-16(11)26-8-13(25)10(6-22)15-24-12-3-1-2-4-14(12)27-15/h1-5,7,25H,8H2/b13-10-. The molecule has 0 aliphatic carbocycles. The van der Waals surface area contributed by atoms with Gasteiger partial charge in [-0.05, 0) is 18.2 Å². The predicted molar refractivity (Wildman–Crippen MR) is 99.8 cm³/mol. The summed E-state index contributed by atoms with van der Waals surface area (Å²) in [6, 6.07) is 10.00. The van der Waals surface area contributed by atoms with Crippen LogP contribution in [0, 0.1) is 11.3 Å². The van der Waals surface area contributed by atoms with Gasteiger partial charge in [-0.2, -0.15) is 18.4 Å². The minimum absolute atomic E-state index is 0.00624. The molecule has 0 spiro atoms. The van der Waals surface area contributed by atoms with E-state index in [2.05, 4.69) is 9.97 Å². The zero-order valence-electron chi connectivity index (χ0n) is 13.3. The lowest BCUT2D eigenvalue weighted by atomic mass is 10.2. The molecule has 0 saturated carbocycles. The van der Waals surface area contributed by atoms with E-state index < -0.39 is 11.7 Å². The van der Waals surface area contributed by atoms with Gasteiger partial charge in [-0.1, -0.05) is 35.5 Å². The largest absolute Gasteiger partial charge is 0.510 e. The molecule has 3 rings (SSSR count). The number of nitrogens with zero attached hydrogens (tertiary/aromatic N) is 3. The third-order valence-electron chi connectivity index (χ3n) is 3.39. The topological polar surface area (TPSA) is 69.8 Å². The summed E-state index contributed by atoms with van der Waals surface area (Å²) in [5.41, 5.74) is -0.242. The molecule has 0 aliphatic heterocycles. The Labute approximate surface area is 164 Å². The first kappa shape index (κ1) is 19.5. The average molecular weight is 428 g/mol. The van der Waals surface area contributed by atoms with Gasteiger partial charge in [0.15, 0.2) is 0 Å². The number of pyridine rings is 1. The number of aliphatic hydroxyl groups is 1. The van der Waals surface area contributed by atoms with Gasteiger partial charge in [0.25, 0.3) is 0 Å². The van der Waals surface area contributed by atoms with E-state index in [9.17, 15) is 23.5 Å². The fourth-order valence-corrected chi connectivity index (χ4v) is 4.16. The number of fused-ring (bicyclic) bond motifs is 1. The number of thioether (sulfide) groups is 1. The number of nitriles is 1. The van der Waals surface area contributed by atoms with Crippen molar-refractivity contribution in [2.45, 2.75) is 11.2 Å². The lowest BCUT2D eigenvalue weighted by molar-refractivity contribution is -0.137. The van der Waals surface area contributed by atoms with Crippen LogP contribution in [0.15, 0.2) is 47.3 Å². The van der Waals surface area contributed by atoms with E-state index in [4.69, 9.17) is 11.6 Å². The Morgan fingerprint density at radius 1 is 1.33 bits per heavy atom. The summed E-state index contributed by atoms with van der Waals surface area (Å²) < 4.78 is 38.8. The second-order valence-corrected chi connectivity index (χ2v) is 7.62. The van der Waals surface area contributed by atoms with Crippen LogP contribution in [0.2, 0.25) is 5.02 Å². The molecule has 1 N–H and O–H groups in total. The molecule has 0 atom stereocenters. The van der Waals surface area contributed by atoms with Gasteiger partial charge in [0, 0.05) is 6.20 Å². The van der Waals surface area contributed by atoms with Gasteiger partial charge in [-0.3, -0.25) is 0 Å². The lowest BCUT2D eigenvalue weighted by Crippen LogP contribution is -2.05. The number of hydrogen-bond donors (Lipinski definition) is 1. The second-order valence-electron chi connectivity index (χ2n) is 5.22. The number of hydrogen-bond acceptors (Lipinski definition) is 6. The van der Waals surface area contributed by atoms with E-state index in [0.29, 0.717) is 16.7 Å². The van der Waals surface area contributed by atoms with Gasteiger partial charge in [0.1, 0.15) is 27.4 Å². The molecule has 138 valence electrons.